The first-order chi connectivity index (χ1) is 13.1. The smallest absolute Gasteiger partial charge is 0.205 e. The molecule has 1 atom stereocenters. The lowest BCUT2D eigenvalue weighted by Crippen LogP contribution is -2.40. The number of aromatic nitrogens is 3. The van der Waals surface area contributed by atoms with Crippen LogP contribution in [0, 0.1) is 0 Å². The maximum Gasteiger partial charge on any atom is 0.205 e. The number of nitrogens with zero attached hydrogens (tertiary/aromatic N) is 3. The SMILES string of the molecule is Clc1cc(Cl)cc(COOC2CCCN(c3nc4nc(Cl)ccc4[nH]3)C2)c1. The summed E-state index contributed by atoms with van der Waals surface area (Å²) < 4.78 is 0. The van der Waals surface area contributed by atoms with E-state index in [9.17, 15) is 0 Å². The summed E-state index contributed by atoms with van der Waals surface area (Å²) in [5.41, 5.74) is 2.32. The molecule has 0 spiro atoms. The number of rotatable bonds is 5. The van der Waals surface area contributed by atoms with Gasteiger partial charge in [0.2, 0.25) is 5.95 Å². The molecule has 1 fully saturated rings. The highest BCUT2D eigenvalue weighted by Crippen LogP contribution is 2.23. The minimum absolute atomic E-state index is 0.0573. The Balaban J connectivity index is 1.36. The molecule has 1 unspecified atom stereocenters. The number of aromatic amines is 1. The largest absolute Gasteiger partial charge is 0.340 e. The molecule has 0 aliphatic carbocycles. The molecule has 4 rings (SSSR count). The molecule has 9 heteroatoms. The number of halogens is 3. The molecule has 3 aromatic rings. The molecule has 1 N–H and O–H groups in total. The topological polar surface area (TPSA) is 63.3 Å². The number of pyridine rings is 1. The molecular formula is C18H17Cl3N4O2. The zero-order valence-corrected chi connectivity index (χ0v) is 16.6. The van der Waals surface area contributed by atoms with Gasteiger partial charge in [0.15, 0.2) is 5.65 Å². The van der Waals surface area contributed by atoms with E-state index < -0.39 is 0 Å². The lowest BCUT2D eigenvalue weighted by atomic mass is 10.1. The van der Waals surface area contributed by atoms with Gasteiger partial charge in [0.1, 0.15) is 17.9 Å². The van der Waals surface area contributed by atoms with E-state index in [1.807, 2.05) is 6.07 Å². The van der Waals surface area contributed by atoms with Gasteiger partial charge in [-0.1, -0.05) is 34.8 Å². The fraction of sp³-hybridized carbons (Fsp3) is 0.333. The van der Waals surface area contributed by atoms with Gasteiger partial charge < -0.3 is 9.88 Å². The van der Waals surface area contributed by atoms with Crippen molar-refractivity contribution < 1.29 is 9.78 Å². The number of hydrogen-bond acceptors (Lipinski definition) is 5. The summed E-state index contributed by atoms with van der Waals surface area (Å²) >= 11 is 17.9. The summed E-state index contributed by atoms with van der Waals surface area (Å²) in [7, 11) is 0. The molecule has 3 heterocycles. The Labute approximate surface area is 171 Å². The third-order valence-electron chi connectivity index (χ3n) is 4.33. The Kier molecular flexibility index (Phi) is 5.71. The maximum absolute atomic E-state index is 6.00. The van der Waals surface area contributed by atoms with Crippen LogP contribution in [-0.4, -0.2) is 34.1 Å². The van der Waals surface area contributed by atoms with E-state index in [1.54, 1.807) is 24.3 Å². The second-order valence-corrected chi connectivity index (χ2v) is 7.67. The summed E-state index contributed by atoms with van der Waals surface area (Å²) in [6.07, 6.45) is 1.83. The van der Waals surface area contributed by atoms with Crippen molar-refractivity contribution in [3.05, 3.63) is 51.1 Å². The van der Waals surface area contributed by atoms with Crippen molar-refractivity contribution in [2.45, 2.75) is 25.6 Å². The van der Waals surface area contributed by atoms with Gasteiger partial charge in [-0.15, -0.1) is 0 Å². The highest BCUT2D eigenvalue weighted by atomic mass is 35.5. The van der Waals surface area contributed by atoms with Crippen LogP contribution >= 0.6 is 34.8 Å². The molecular weight excluding hydrogens is 411 g/mol. The van der Waals surface area contributed by atoms with Crippen molar-refractivity contribution in [3.63, 3.8) is 0 Å². The Morgan fingerprint density at radius 2 is 1.93 bits per heavy atom. The van der Waals surface area contributed by atoms with E-state index in [0.29, 0.717) is 27.4 Å². The molecule has 1 aromatic carbocycles. The van der Waals surface area contributed by atoms with E-state index in [-0.39, 0.29) is 12.7 Å². The van der Waals surface area contributed by atoms with Gasteiger partial charge in [0.05, 0.1) is 12.1 Å². The first-order valence-electron chi connectivity index (χ1n) is 8.57. The van der Waals surface area contributed by atoms with E-state index in [1.165, 1.54) is 0 Å². The third-order valence-corrected chi connectivity index (χ3v) is 4.98. The Bertz CT molecular complexity index is 929. The van der Waals surface area contributed by atoms with Crippen LogP contribution in [0.25, 0.3) is 11.2 Å². The summed E-state index contributed by atoms with van der Waals surface area (Å²) in [5, 5.41) is 1.57. The monoisotopic (exact) mass is 426 g/mol. The number of benzene rings is 1. The van der Waals surface area contributed by atoms with Gasteiger partial charge in [-0.2, -0.15) is 4.98 Å². The van der Waals surface area contributed by atoms with E-state index in [2.05, 4.69) is 19.9 Å². The molecule has 1 aliphatic rings. The van der Waals surface area contributed by atoms with Crippen LogP contribution in [0.3, 0.4) is 0 Å². The van der Waals surface area contributed by atoms with Gasteiger partial charge in [0, 0.05) is 16.6 Å². The summed E-state index contributed by atoms with van der Waals surface area (Å²) in [6.45, 7) is 1.84. The number of anilines is 1. The highest BCUT2D eigenvalue weighted by molar-refractivity contribution is 6.34. The predicted molar refractivity (Wildman–Crippen MR) is 106 cm³/mol. The first kappa shape index (κ1) is 18.8. The molecule has 1 saturated heterocycles. The lowest BCUT2D eigenvalue weighted by Gasteiger charge is -2.31. The molecule has 6 nitrogen and oxygen atoms in total. The van der Waals surface area contributed by atoms with Gasteiger partial charge in [-0.05, 0) is 48.7 Å². The third kappa shape index (κ3) is 4.65. The minimum atomic E-state index is -0.0573. The normalized spacial score (nSPS) is 17.6. The van der Waals surface area contributed by atoms with Crippen molar-refractivity contribution in [2.75, 3.05) is 18.0 Å². The summed E-state index contributed by atoms with van der Waals surface area (Å²) in [5.74, 6) is 0.759. The number of imidazole rings is 1. The number of H-pyrrole nitrogens is 1. The van der Waals surface area contributed by atoms with Gasteiger partial charge in [0.25, 0.3) is 0 Å². The van der Waals surface area contributed by atoms with Gasteiger partial charge in [-0.25, -0.2) is 14.8 Å². The van der Waals surface area contributed by atoms with Gasteiger partial charge >= 0.3 is 0 Å². The van der Waals surface area contributed by atoms with Crippen LogP contribution < -0.4 is 4.90 Å². The fourth-order valence-corrected chi connectivity index (χ4v) is 3.82. The predicted octanol–water partition coefficient (Wildman–Crippen LogP) is 5.04. The zero-order chi connectivity index (χ0) is 18.8. The number of piperidine rings is 1. The summed E-state index contributed by atoms with van der Waals surface area (Å²) in [6, 6.07) is 8.90. The second-order valence-electron chi connectivity index (χ2n) is 6.41. The van der Waals surface area contributed by atoms with Crippen molar-refractivity contribution in [3.8, 4) is 0 Å². The van der Waals surface area contributed by atoms with E-state index in [4.69, 9.17) is 44.6 Å². The summed E-state index contributed by atoms with van der Waals surface area (Å²) in [4.78, 5) is 25.2. The van der Waals surface area contributed by atoms with Crippen LogP contribution in [-0.2, 0) is 16.4 Å². The molecule has 27 heavy (non-hydrogen) atoms. The van der Waals surface area contributed by atoms with Crippen LogP contribution in [0.2, 0.25) is 15.2 Å². The Morgan fingerprint density at radius 3 is 2.74 bits per heavy atom. The molecule has 2 aromatic heterocycles. The van der Waals surface area contributed by atoms with Crippen LogP contribution in [0.15, 0.2) is 30.3 Å². The van der Waals surface area contributed by atoms with Gasteiger partial charge in [-0.3, -0.25) is 0 Å². The van der Waals surface area contributed by atoms with Crippen molar-refractivity contribution in [2.24, 2.45) is 0 Å². The second kappa shape index (κ2) is 8.20. The molecule has 142 valence electrons. The van der Waals surface area contributed by atoms with Crippen molar-refractivity contribution >= 4 is 51.9 Å². The van der Waals surface area contributed by atoms with Crippen LogP contribution in [0.4, 0.5) is 5.95 Å². The molecule has 0 bridgehead atoms. The van der Waals surface area contributed by atoms with E-state index in [0.717, 1.165) is 36.4 Å². The number of nitrogens with one attached hydrogen (secondary N) is 1. The van der Waals surface area contributed by atoms with Crippen molar-refractivity contribution in [1.82, 2.24) is 15.0 Å². The molecule has 0 radical (unpaired) electrons. The van der Waals surface area contributed by atoms with Crippen LogP contribution in [0.5, 0.6) is 0 Å². The van der Waals surface area contributed by atoms with E-state index >= 15 is 0 Å². The molecule has 1 aliphatic heterocycles. The average Bonchev–Trinajstić information content (AvgIpc) is 3.04. The number of fused-ring (bicyclic) bond motifs is 1. The van der Waals surface area contributed by atoms with Crippen molar-refractivity contribution in [1.29, 1.82) is 0 Å². The Hall–Kier alpha value is -1.57. The first-order valence-corrected chi connectivity index (χ1v) is 9.71. The minimum Gasteiger partial charge on any atom is -0.340 e. The average molecular weight is 428 g/mol. The zero-order valence-electron chi connectivity index (χ0n) is 14.3. The Morgan fingerprint density at radius 1 is 1.11 bits per heavy atom. The molecule has 0 amide bonds. The lowest BCUT2D eigenvalue weighted by molar-refractivity contribution is -0.333. The fourth-order valence-electron chi connectivity index (χ4n) is 3.11. The van der Waals surface area contributed by atoms with Crippen LogP contribution in [0.1, 0.15) is 18.4 Å². The highest BCUT2D eigenvalue weighted by Gasteiger charge is 2.24. The standard InChI is InChI=1S/C18H17Cl3N4O2/c19-12-6-11(7-13(20)8-12)10-26-27-14-2-1-5-25(9-14)18-22-15-3-4-16(21)23-17(15)24-18/h3-4,6-8,14H,1-2,5,9-10H2,(H,22,23,24). The quantitative estimate of drug-likeness (QED) is 0.351. The molecule has 0 saturated carbocycles. The number of hydrogen-bond donors (Lipinski definition) is 1. The maximum atomic E-state index is 6.00.